The van der Waals surface area contributed by atoms with E-state index in [4.69, 9.17) is 0 Å². The normalized spacial score (nSPS) is 15.4. The molecule has 0 unspecified atom stereocenters. The molecule has 1 saturated carbocycles. The fraction of sp³-hybridized carbons (Fsp3) is 0.500. The summed E-state index contributed by atoms with van der Waals surface area (Å²) in [7, 11) is 1.85. The zero-order valence-electron chi connectivity index (χ0n) is 16.6. The number of benzene rings is 1. The molecule has 150 valence electrons. The van der Waals surface area contributed by atoms with Crippen molar-refractivity contribution >= 4 is 23.6 Å². The van der Waals surface area contributed by atoms with Crippen molar-refractivity contribution in [2.24, 2.45) is 7.05 Å². The summed E-state index contributed by atoms with van der Waals surface area (Å²) < 4.78 is 1.83. The first-order valence-corrected chi connectivity index (χ1v) is 10.6. The molecule has 1 aliphatic rings. The van der Waals surface area contributed by atoms with E-state index >= 15 is 0 Å². The lowest BCUT2D eigenvalue weighted by atomic mass is 10.1. The lowest BCUT2D eigenvalue weighted by Crippen LogP contribution is -2.33. The van der Waals surface area contributed by atoms with Gasteiger partial charge in [-0.3, -0.25) is 9.59 Å². The Balaban J connectivity index is 1.55. The van der Waals surface area contributed by atoms with Crippen molar-refractivity contribution in [3.63, 3.8) is 0 Å². The number of thioether (sulfide) groups is 1. The van der Waals surface area contributed by atoms with Gasteiger partial charge in [-0.2, -0.15) is 0 Å². The number of carbonyl (C=O) groups is 2. The van der Waals surface area contributed by atoms with Crippen LogP contribution in [-0.4, -0.2) is 38.4 Å². The van der Waals surface area contributed by atoms with Crippen molar-refractivity contribution in [2.45, 2.75) is 56.8 Å². The van der Waals surface area contributed by atoms with Gasteiger partial charge < -0.3 is 15.2 Å². The van der Waals surface area contributed by atoms with E-state index in [0.29, 0.717) is 28.3 Å². The summed E-state index contributed by atoms with van der Waals surface area (Å²) in [6, 6.07) is 7.48. The number of amides is 2. The van der Waals surface area contributed by atoms with Gasteiger partial charge in [-0.15, -0.1) is 10.2 Å². The molecule has 1 aromatic carbocycles. The van der Waals surface area contributed by atoms with Crippen molar-refractivity contribution in [3.05, 3.63) is 41.2 Å². The fourth-order valence-corrected chi connectivity index (χ4v) is 4.16. The van der Waals surface area contributed by atoms with Crippen LogP contribution >= 0.6 is 11.8 Å². The standard InChI is InChI=1S/C20H27N5O2S/c1-13-7-6-8-15(11-13)19(27)21-14(2)18-23-24-20(25(18)3)28-12-17(26)22-16-9-4-5-10-16/h6-8,11,14,16H,4-5,9-10,12H2,1-3H3,(H,21,27)(H,22,26)/t14-/m0/s1. The molecule has 1 fully saturated rings. The summed E-state index contributed by atoms with van der Waals surface area (Å²) in [5, 5.41) is 15.1. The first kappa shape index (κ1) is 20.4. The molecule has 7 nitrogen and oxygen atoms in total. The van der Waals surface area contributed by atoms with Crippen LogP contribution in [-0.2, 0) is 11.8 Å². The van der Waals surface area contributed by atoms with Crippen molar-refractivity contribution in [3.8, 4) is 0 Å². The maximum atomic E-state index is 12.5. The number of rotatable bonds is 7. The molecule has 3 rings (SSSR count). The van der Waals surface area contributed by atoms with Gasteiger partial charge in [0.25, 0.3) is 5.91 Å². The van der Waals surface area contributed by atoms with Crippen LogP contribution in [0.5, 0.6) is 0 Å². The molecule has 0 spiro atoms. The van der Waals surface area contributed by atoms with Crippen LogP contribution in [0.1, 0.15) is 60.4 Å². The molecule has 0 radical (unpaired) electrons. The third kappa shape index (κ3) is 5.13. The van der Waals surface area contributed by atoms with Crippen molar-refractivity contribution in [1.29, 1.82) is 0 Å². The minimum atomic E-state index is -0.299. The molecule has 0 bridgehead atoms. The molecule has 2 aromatic rings. The van der Waals surface area contributed by atoms with Crippen LogP contribution in [0.2, 0.25) is 0 Å². The average Bonchev–Trinajstić information content (AvgIpc) is 3.29. The number of aryl methyl sites for hydroxylation is 1. The molecule has 2 amide bonds. The maximum Gasteiger partial charge on any atom is 0.251 e. The van der Waals surface area contributed by atoms with Crippen molar-refractivity contribution < 1.29 is 9.59 Å². The molecule has 1 aromatic heterocycles. The fourth-order valence-electron chi connectivity index (χ4n) is 3.43. The Morgan fingerprint density at radius 1 is 1.29 bits per heavy atom. The largest absolute Gasteiger partial charge is 0.353 e. The Hall–Kier alpha value is -2.35. The monoisotopic (exact) mass is 401 g/mol. The third-order valence-corrected chi connectivity index (χ3v) is 5.96. The summed E-state index contributed by atoms with van der Waals surface area (Å²) in [6.45, 7) is 3.83. The van der Waals surface area contributed by atoms with E-state index in [2.05, 4.69) is 20.8 Å². The van der Waals surface area contributed by atoms with Gasteiger partial charge in [-0.1, -0.05) is 42.3 Å². The SMILES string of the molecule is Cc1cccc(C(=O)N[C@@H](C)c2nnc(SCC(=O)NC3CCCC3)n2C)c1. The molecule has 0 aliphatic heterocycles. The highest BCUT2D eigenvalue weighted by molar-refractivity contribution is 7.99. The smallest absolute Gasteiger partial charge is 0.251 e. The first-order valence-electron chi connectivity index (χ1n) is 9.63. The lowest BCUT2D eigenvalue weighted by molar-refractivity contribution is -0.119. The van der Waals surface area contributed by atoms with Gasteiger partial charge in [-0.05, 0) is 38.8 Å². The van der Waals surface area contributed by atoms with Crippen LogP contribution in [0.4, 0.5) is 0 Å². The van der Waals surface area contributed by atoms with Gasteiger partial charge in [0.15, 0.2) is 11.0 Å². The minimum absolute atomic E-state index is 0.0299. The second-order valence-electron chi connectivity index (χ2n) is 7.30. The van der Waals surface area contributed by atoms with Crippen molar-refractivity contribution in [1.82, 2.24) is 25.4 Å². The summed E-state index contributed by atoms with van der Waals surface area (Å²) in [5.74, 6) is 0.846. The minimum Gasteiger partial charge on any atom is -0.353 e. The second kappa shape index (κ2) is 9.23. The highest BCUT2D eigenvalue weighted by Crippen LogP contribution is 2.21. The van der Waals surface area contributed by atoms with E-state index in [9.17, 15) is 9.59 Å². The number of hydrogen-bond acceptors (Lipinski definition) is 5. The number of nitrogens with zero attached hydrogens (tertiary/aromatic N) is 3. The Labute approximate surface area is 169 Å². The second-order valence-corrected chi connectivity index (χ2v) is 8.24. The predicted molar refractivity (Wildman–Crippen MR) is 109 cm³/mol. The Morgan fingerprint density at radius 2 is 2.04 bits per heavy atom. The number of aromatic nitrogens is 3. The Kier molecular flexibility index (Phi) is 6.72. The van der Waals surface area contributed by atoms with Gasteiger partial charge in [-0.25, -0.2) is 0 Å². The zero-order chi connectivity index (χ0) is 20.1. The summed E-state index contributed by atoms with van der Waals surface area (Å²) in [6.07, 6.45) is 4.53. The molecule has 0 saturated heterocycles. The van der Waals surface area contributed by atoms with Crippen LogP contribution in [0.25, 0.3) is 0 Å². The maximum absolute atomic E-state index is 12.5. The summed E-state index contributed by atoms with van der Waals surface area (Å²) in [4.78, 5) is 24.6. The van der Waals surface area contributed by atoms with Crippen LogP contribution in [0, 0.1) is 6.92 Å². The number of hydrogen-bond donors (Lipinski definition) is 2. The van der Waals surface area contributed by atoms with Crippen molar-refractivity contribution in [2.75, 3.05) is 5.75 Å². The number of carbonyl (C=O) groups excluding carboxylic acids is 2. The van der Waals surface area contributed by atoms with Gasteiger partial charge in [0, 0.05) is 18.7 Å². The predicted octanol–water partition coefficient (Wildman–Crippen LogP) is 2.77. The van der Waals surface area contributed by atoms with Crippen LogP contribution < -0.4 is 10.6 Å². The zero-order valence-corrected chi connectivity index (χ0v) is 17.4. The van der Waals surface area contributed by atoms with E-state index < -0.39 is 0 Å². The molecular formula is C20H27N5O2S. The van der Waals surface area contributed by atoms with Crippen LogP contribution in [0.15, 0.2) is 29.4 Å². The van der Waals surface area contributed by atoms with E-state index in [0.717, 1.165) is 18.4 Å². The molecular weight excluding hydrogens is 374 g/mol. The van der Waals surface area contributed by atoms with E-state index in [-0.39, 0.29) is 17.9 Å². The Morgan fingerprint density at radius 3 is 2.75 bits per heavy atom. The molecule has 8 heteroatoms. The van der Waals surface area contributed by atoms with Crippen LogP contribution in [0.3, 0.4) is 0 Å². The van der Waals surface area contributed by atoms with E-state index in [1.54, 1.807) is 6.07 Å². The highest BCUT2D eigenvalue weighted by Gasteiger charge is 2.20. The molecule has 2 N–H and O–H groups in total. The average molecular weight is 402 g/mol. The molecule has 1 atom stereocenters. The Bertz CT molecular complexity index is 845. The molecule has 1 heterocycles. The van der Waals surface area contributed by atoms with E-state index in [1.165, 1.54) is 24.6 Å². The topological polar surface area (TPSA) is 88.9 Å². The van der Waals surface area contributed by atoms with Gasteiger partial charge >= 0.3 is 0 Å². The number of nitrogens with one attached hydrogen (secondary N) is 2. The first-order chi connectivity index (χ1) is 13.4. The van der Waals surface area contributed by atoms with Gasteiger partial charge in [0.2, 0.25) is 5.91 Å². The molecule has 28 heavy (non-hydrogen) atoms. The highest BCUT2D eigenvalue weighted by atomic mass is 32.2. The van der Waals surface area contributed by atoms with Gasteiger partial charge in [0.05, 0.1) is 11.8 Å². The summed E-state index contributed by atoms with van der Waals surface area (Å²) >= 11 is 1.36. The quantitative estimate of drug-likeness (QED) is 0.697. The molecule has 1 aliphatic carbocycles. The van der Waals surface area contributed by atoms with Gasteiger partial charge in [0.1, 0.15) is 0 Å². The summed E-state index contributed by atoms with van der Waals surface area (Å²) in [5.41, 5.74) is 1.65. The lowest BCUT2D eigenvalue weighted by Gasteiger charge is -2.14. The van der Waals surface area contributed by atoms with E-state index in [1.807, 2.05) is 43.7 Å². The third-order valence-electron chi connectivity index (χ3n) is 4.94.